The van der Waals surface area contributed by atoms with Gasteiger partial charge in [0.1, 0.15) is 0 Å². The van der Waals surface area contributed by atoms with E-state index in [1.165, 1.54) is 0 Å². The summed E-state index contributed by atoms with van der Waals surface area (Å²) in [4.78, 5) is 16.6. The maximum absolute atomic E-state index is 12.1. The van der Waals surface area contributed by atoms with Crippen LogP contribution in [-0.2, 0) is 9.53 Å². The van der Waals surface area contributed by atoms with Crippen molar-refractivity contribution in [2.45, 2.75) is 38.3 Å². The molecule has 0 aromatic carbocycles. The standard InChI is InChI=1S/C14H27N3O2/c1-14(2)11-17(8-9-19-14)10-13(18)15-12-4-6-16(3)7-5-12/h12H,4-11H2,1-3H3,(H,15,18). The molecule has 0 unspecified atom stereocenters. The molecule has 2 aliphatic rings. The summed E-state index contributed by atoms with van der Waals surface area (Å²) in [5.74, 6) is 0.159. The van der Waals surface area contributed by atoms with Crippen molar-refractivity contribution in [1.29, 1.82) is 0 Å². The highest BCUT2D eigenvalue weighted by atomic mass is 16.5. The summed E-state index contributed by atoms with van der Waals surface area (Å²) in [6.07, 6.45) is 2.13. The zero-order valence-corrected chi connectivity index (χ0v) is 12.4. The first-order chi connectivity index (χ1) is 8.94. The molecular weight excluding hydrogens is 242 g/mol. The molecule has 19 heavy (non-hydrogen) atoms. The van der Waals surface area contributed by atoms with Gasteiger partial charge in [0, 0.05) is 19.1 Å². The van der Waals surface area contributed by atoms with Gasteiger partial charge in [0.05, 0.1) is 18.8 Å². The number of morpholine rings is 1. The van der Waals surface area contributed by atoms with Crippen LogP contribution >= 0.6 is 0 Å². The largest absolute Gasteiger partial charge is 0.373 e. The number of amides is 1. The van der Waals surface area contributed by atoms with E-state index < -0.39 is 0 Å². The van der Waals surface area contributed by atoms with E-state index in [1.807, 2.05) is 0 Å². The minimum Gasteiger partial charge on any atom is -0.373 e. The van der Waals surface area contributed by atoms with Crippen LogP contribution in [0, 0.1) is 0 Å². The predicted molar refractivity (Wildman–Crippen MR) is 75.1 cm³/mol. The first kappa shape index (κ1) is 14.8. The van der Waals surface area contributed by atoms with Crippen molar-refractivity contribution in [1.82, 2.24) is 15.1 Å². The van der Waals surface area contributed by atoms with Crippen LogP contribution in [-0.4, -0.2) is 73.7 Å². The van der Waals surface area contributed by atoms with Crippen LogP contribution in [0.1, 0.15) is 26.7 Å². The van der Waals surface area contributed by atoms with Crippen LogP contribution < -0.4 is 5.32 Å². The number of nitrogens with one attached hydrogen (secondary N) is 1. The van der Waals surface area contributed by atoms with Crippen LogP contribution in [0.15, 0.2) is 0 Å². The molecule has 2 saturated heterocycles. The molecule has 2 heterocycles. The average Bonchev–Trinajstić information content (AvgIpc) is 2.30. The molecule has 0 aromatic heterocycles. The highest BCUT2D eigenvalue weighted by molar-refractivity contribution is 5.78. The van der Waals surface area contributed by atoms with E-state index in [-0.39, 0.29) is 11.5 Å². The van der Waals surface area contributed by atoms with Crippen molar-refractivity contribution in [3.05, 3.63) is 0 Å². The van der Waals surface area contributed by atoms with Gasteiger partial charge in [0.15, 0.2) is 0 Å². The lowest BCUT2D eigenvalue weighted by Gasteiger charge is -2.38. The second-order valence-electron chi connectivity index (χ2n) is 6.46. The van der Waals surface area contributed by atoms with E-state index in [0.29, 0.717) is 19.2 Å². The summed E-state index contributed by atoms with van der Waals surface area (Å²) in [6, 6.07) is 0.359. The van der Waals surface area contributed by atoms with Crippen LogP contribution in [0.5, 0.6) is 0 Å². The first-order valence-corrected chi connectivity index (χ1v) is 7.29. The average molecular weight is 269 g/mol. The molecule has 0 bridgehead atoms. The molecule has 110 valence electrons. The molecule has 2 rings (SSSR count). The quantitative estimate of drug-likeness (QED) is 0.801. The highest BCUT2D eigenvalue weighted by Gasteiger charge is 2.28. The summed E-state index contributed by atoms with van der Waals surface area (Å²) in [5, 5.41) is 3.17. The fourth-order valence-electron chi connectivity index (χ4n) is 2.88. The fourth-order valence-corrected chi connectivity index (χ4v) is 2.88. The van der Waals surface area contributed by atoms with Crippen LogP contribution in [0.25, 0.3) is 0 Å². The molecule has 0 saturated carbocycles. The van der Waals surface area contributed by atoms with E-state index >= 15 is 0 Å². The van der Waals surface area contributed by atoms with E-state index in [9.17, 15) is 4.79 Å². The van der Waals surface area contributed by atoms with E-state index in [1.54, 1.807) is 0 Å². The summed E-state index contributed by atoms with van der Waals surface area (Å²) in [7, 11) is 2.13. The molecule has 5 nitrogen and oxygen atoms in total. The van der Waals surface area contributed by atoms with E-state index in [2.05, 4.69) is 36.0 Å². The normalized spacial score (nSPS) is 26.3. The Morgan fingerprint density at radius 1 is 1.32 bits per heavy atom. The molecule has 0 aromatic rings. The molecule has 0 atom stereocenters. The lowest BCUT2D eigenvalue weighted by molar-refractivity contribution is -0.128. The molecule has 1 amide bonds. The van der Waals surface area contributed by atoms with Gasteiger partial charge in [0.25, 0.3) is 0 Å². The number of carbonyl (C=O) groups is 1. The van der Waals surface area contributed by atoms with Crippen molar-refractivity contribution < 1.29 is 9.53 Å². The topological polar surface area (TPSA) is 44.8 Å². The monoisotopic (exact) mass is 269 g/mol. The summed E-state index contributed by atoms with van der Waals surface area (Å²) in [5.41, 5.74) is -0.133. The summed E-state index contributed by atoms with van der Waals surface area (Å²) in [6.45, 7) is 9.21. The number of ether oxygens (including phenoxy) is 1. The third-order valence-electron chi connectivity index (χ3n) is 3.96. The fraction of sp³-hybridized carbons (Fsp3) is 0.929. The van der Waals surface area contributed by atoms with Crippen molar-refractivity contribution in [2.24, 2.45) is 0 Å². The molecule has 0 radical (unpaired) electrons. The van der Waals surface area contributed by atoms with E-state index in [4.69, 9.17) is 4.74 Å². The molecule has 5 heteroatoms. The van der Waals surface area contributed by atoms with Crippen molar-refractivity contribution in [2.75, 3.05) is 46.4 Å². The number of nitrogens with zero attached hydrogens (tertiary/aromatic N) is 2. The van der Waals surface area contributed by atoms with Crippen LogP contribution in [0.4, 0.5) is 0 Å². The molecule has 0 spiro atoms. The van der Waals surface area contributed by atoms with Crippen molar-refractivity contribution in [3.63, 3.8) is 0 Å². The lowest BCUT2D eigenvalue weighted by Crippen LogP contribution is -2.52. The number of rotatable bonds is 3. The maximum Gasteiger partial charge on any atom is 0.234 e. The van der Waals surface area contributed by atoms with Crippen molar-refractivity contribution in [3.8, 4) is 0 Å². The number of likely N-dealkylation sites (tertiary alicyclic amines) is 1. The zero-order chi connectivity index (χ0) is 13.9. The smallest absolute Gasteiger partial charge is 0.234 e. The summed E-state index contributed by atoms with van der Waals surface area (Å²) < 4.78 is 5.66. The highest BCUT2D eigenvalue weighted by Crippen LogP contribution is 2.16. The van der Waals surface area contributed by atoms with Gasteiger partial charge in [-0.25, -0.2) is 0 Å². The summed E-state index contributed by atoms with van der Waals surface area (Å²) >= 11 is 0. The van der Waals surface area contributed by atoms with Gasteiger partial charge in [0.2, 0.25) is 5.91 Å². The Balaban J connectivity index is 1.72. The molecule has 0 aliphatic carbocycles. The van der Waals surface area contributed by atoms with Gasteiger partial charge < -0.3 is 15.0 Å². The van der Waals surface area contributed by atoms with E-state index in [0.717, 1.165) is 39.0 Å². The Kier molecular flexibility index (Phi) is 4.81. The van der Waals surface area contributed by atoms with Crippen LogP contribution in [0.2, 0.25) is 0 Å². The number of hydrogen-bond acceptors (Lipinski definition) is 4. The minimum atomic E-state index is -0.133. The molecular formula is C14H27N3O2. The van der Waals surface area contributed by atoms with Gasteiger partial charge >= 0.3 is 0 Å². The second-order valence-corrected chi connectivity index (χ2v) is 6.46. The second kappa shape index (κ2) is 6.20. The molecule has 2 fully saturated rings. The Bertz CT molecular complexity index is 312. The van der Waals surface area contributed by atoms with Gasteiger partial charge in [-0.05, 0) is 46.8 Å². The zero-order valence-electron chi connectivity index (χ0n) is 12.4. The van der Waals surface area contributed by atoms with Crippen molar-refractivity contribution >= 4 is 5.91 Å². The lowest BCUT2D eigenvalue weighted by atomic mass is 10.1. The van der Waals surface area contributed by atoms with Gasteiger partial charge in [-0.15, -0.1) is 0 Å². The molecule has 2 aliphatic heterocycles. The third-order valence-corrected chi connectivity index (χ3v) is 3.96. The third kappa shape index (κ3) is 4.75. The SMILES string of the molecule is CN1CCC(NC(=O)CN2CCOC(C)(C)C2)CC1. The predicted octanol–water partition coefficient (Wildman–Crippen LogP) is 0.308. The minimum absolute atomic E-state index is 0.133. The Hall–Kier alpha value is -0.650. The maximum atomic E-state index is 12.1. The van der Waals surface area contributed by atoms with Crippen LogP contribution in [0.3, 0.4) is 0 Å². The number of piperidine rings is 1. The number of hydrogen-bond donors (Lipinski definition) is 1. The Labute approximate surface area is 116 Å². The Morgan fingerprint density at radius 3 is 2.63 bits per heavy atom. The molecule has 1 N–H and O–H groups in total. The Morgan fingerprint density at radius 2 is 2.00 bits per heavy atom. The van der Waals surface area contributed by atoms with Gasteiger partial charge in [-0.3, -0.25) is 9.69 Å². The van der Waals surface area contributed by atoms with Gasteiger partial charge in [-0.1, -0.05) is 0 Å². The van der Waals surface area contributed by atoms with Gasteiger partial charge in [-0.2, -0.15) is 0 Å². The first-order valence-electron chi connectivity index (χ1n) is 7.29. The number of carbonyl (C=O) groups excluding carboxylic acids is 1.